The summed E-state index contributed by atoms with van der Waals surface area (Å²) in [7, 11) is 0. The molecule has 2 amide bonds. The summed E-state index contributed by atoms with van der Waals surface area (Å²) in [5.74, 6) is -1.35. The van der Waals surface area contributed by atoms with Crippen LogP contribution >= 0.6 is 23.2 Å². The van der Waals surface area contributed by atoms with Gasteiger partial charge in [-0.05, 0) is 52.0 Å². The molecule has 0 radical (unpaired) electrons. The number of aromatic nitrogens is 2. The van der Waals surface area contributed by atoms with Crippen molar-refractivity contribution in [2.45, 2.75) is 33.2 Å². The van der Waals surface area contributed by atoms with E-state index in [0.717, 1.165) is 5.01 Å². The van der Waals surface area contributed by atoms with Crippen molar-refractivity contribution in [2.24, 2.45) is 0 Å². The Kier molecular flexibility index (Phi) is 6.71. The molecule has 0 aliphatic carbocycles. The Bertz CT molecular complexity index is 1250. The lowest BCUT2D eigenvalue weighted by atomic mass is 10.1. The van der Waals surface area contributed by atoms with Crippen LogP contribution in [-0.4, -0.2) is 32.1 Å². The molecule has 3 rings (SSSR count). The van der Waals surface area contributed by atoms with Gasteiger partial charge in [-0.3, -0.25) is 19.8 Å². The number of hydrogen-bond acceptors (Lipinski definition) is 4. The van der Waals surface area contributed by atoms with Gasteiger partial charge in [0.25, 0.3) is 11.8 Å². The zero-order valence-electron chi connectivity index (χ0n) is 18.0. The van der Waals surface area contributed by atoms with Crippen molar-refractivity contribution in [1.82, 2.24) is 20.2 Å². The zero-order valence-corrected chi connectivity index (χ0v) is 19.5. The van der Waals surface area contributed by atoms with Crippen LogP contribution in [0.3, 0.4) is 0 Å². The van der Waals surface area contributed by atoms with Gasteiger partial charge in [0.15, 0.2) is 5.69 Å². The van der Waals surface area contributed by atoms with E-state index in [9.17, 15) is 14.4 Å². The van der Waals surface area contributed by atoms with Crippen LogP contribution in [0.25, 0.3) is 5.69 Å². The number of benzene rings is 2. The van der Waals surface area contributed by atoms with Crippen molar-refractivity contribution in [3.05, 3.63) is 91.8 Å². The van der Waals surface area contributed by atoms with Crippen molar-refractivity contribution in [1.29, 1.82) is 0 Å². The van der Waals surface area contributed by atoms with Gasteiger partial charge in [-0.15, -0.1) is 0 Å². The summed E-state index contributed by atoms with van der Waals surface area (Å²) in [6.45, 7) is 6.91. The highest BCUT2D eigenvalue weighted by Crippen LogP contribution is 2.22. The Balaban J connectivity index is 2.01. The first kappa shape index (κ1) is 23.5. The van der Waals surface area contributed by atoms with Gasteiger partial charge < -0.3 is 0 Å². The van der Waals surface area contributed by atoms with Crippen LogP contribution in [0.15, 0.2) is 59.4 Å². The Hall–Kier alpha value is -3.16. The number of aryl methyl sites for hydroxylation is 1. The molecule has 1 N–H and O–H groups in total. The maximum atomic E-state index is 13.2. The standard InChI is InChI=1S/C23H22Cl2N4O3/c1-14-13-19(30)20(26-28(14)18-12-8-7-11-17(18)25)21(31)27-29(23(2,3)4)22(32)15-9-5-6-10-16(15)24/h5-13H,1-4H3,(H,27,31). The topological polar surface area (TPSA) is 84.3 Å². The van der Waals surface area contributed by atoms with E-state index in [2.05, 4.69) is 10.5 Å². The van der Waals surface area contributed by atoms with E-state index in [1.807, 2.05) is 0 Å². The predicted octanol–water partition coefficient (Wildman–Crippen LogP) is 4.43. The average molecular weight is 473 g/mol. The van der Waals surface area contributed by atoms with E-state index in [1.165, 1.54) is 10.7 Å². The quantitative estimate of drug-likeness (QED) is 0.571. The summed E-state index contributed by atoms with van der Waals surface area (Å²) in [5.41, 5.74) is 1.98. The third kappa shape index (κ3) is 4.84. The number of hydrazine groups is 1. The van der Waals surface area contributed by atoms with Gasteiger partial charge in [-0.2, -0.15) is 5.10 Å². The number of para-hydroxylation sites is 1. The lowest BCUT2D eigenvalue weighted by Crippen LogP contribution is -2.56. The molecule has 0 saturated heterocycles. The largest absolute Gasteiger partial charge is 0.294 e. The highest BCUT2D eigenvalue weighted by atomic mass is 35.5. The number of amides is 2. The summed E-state index contributed by atoms with van der Waals surface area (Å²) in [4.78, 5) is 38.8. The smallest absolute Gasteiger partial charge is 0.287 e. The number of carbonyl (C=O) groups excluding carboxylic acids is 2. The fraction of sp³-hybridized carbons (Fsp3) is 0.217. The predicted molar refractivity (Wildman–Crippen MR) is 124 cm³/mol. The summed E-state index contributed by atoms with van der Waals surface area (Å²) >= 11 is 12.4. The summed E-state index contributed by atoms with van der Waals surface area (Å²) in [6.07, 6.45) is 0. The molecule has 2 aromatic carbocycles. The first-order valence-corrected chi connectivity index (χ1v) is 10.5. The molecule has 9 heteroatoms. The second-order valence-electron chi connectivity index (χ2n) is 8.09. The van der Waals surface area contributed by atoms with E-state index in [4.69, 9.17) is 23.2 Å². The molecule has 1 heterocycles. The van der Waals surface area contributed by atoms with Crippen molar-refractivity contribution in [3.8, 4) is 5.69 Å². The number of nitrogens with one attached hydrogen (secondary N) is 1. The highest BCUT2D eigenvalue weighted by Gasteiger charge is 2.31. The normalized spacial score (nSPS) is 11.2. The second kappa shape index (κ2) is 9.14. The molecule has 1 aromatic heterocycles. The molecule has 0 saturated carbocycles. The van der Waals surface area contributed by atoms with Gasteiger partial charge in [0.05, 0.1) is 26.8 Å². The molecule has 0 fully saturated rings. The number of carbonyl (C=O) groups is 2. The van der Waals surface area contributed by atoms with Crippen LogP contribution in [0.2, 0.25) is 10.0 Å². The lowest BCUT2D eigenvalue weighted by molar-refractivity contribution is 0.0355. The Morgan fingerprint density at radius 3 is 2.19 bits per heavy atom. The number of rotatable bonds is 3. The van der Waals surface area contributed by atoms with E-state index in [-0.39, 0.29) is 16.3 Å². The third-order valence-corrected chi connectivity index (χ3v) is 5.24. The summed E-state index contributed by atoms with van der Waals surface area (Å²) < 4.78 is 1.41. The molecule has 166 valence electrons. The van der Waals surface area contributed by atoms with Gasteiger partial charge in [0.1, 0.15) is 0 Å². The average Bonchev–Trinajstić information content (AvgIpc) is 2.72. The van der Waals surface area contributed by atoms with Crippen LogP contribution in [0, 0.1) is 6.92 Å². The van der Waals surface area contributed by atoms with E-state index in [1.54, 1.807) is 76.2 Å². The Morgan fingerprint density at radius 2 is 1.59 bits per heavy atom. The first-order chi connectivity index (χ1) is 15.0. The molecule has 7 nitrogen and oxygen atoms in total. The molecular formula is C23H22Cl2N4O3. The van der Waals surface area contributed by atoms with Crippen LogP contribution in [0.5, 0.6) is 0 Å². The molecular weight excluding hydrogens is 451 g/mol. The minimum absolute atomic E-state index is 0.217. The van der Waals surface area contributed by atoms with E-state index >= 15 is 0 Å². The third-order valence-electron chi connectivity index (χ3n) is 4.59. The molecule has 0 aliphatic heterocycles. The maximum absolute atomic E-state index is 13.2. The molecule has 0 spiro atoms. The van der Waals surface area contributed by atoms with Crippen LogP contribution < -0.4 is 10.9 Å². The number of hydrogen-bond donors (Lipinski definition) is 1. The number of nitrogens with zero attached hydrogens (tertiary/aromatic N) is 3. The SMILES string of the molecule is Cc1cc(=O)c(C(=O)NN(C(=O)c2ccccc2Cl)C(C)(C)C)nn1-c1ccccc1Cl. The molecule has 3 aromatic rings. The van der Waals surface area contributed by atoms with E-state index in [0.29, 0.717) is 16.4 Å². The van der Waals surface area contributed by atoms with Gasteiger partial charge in [0, 0.05) is 11.8 Å². The van der Waals surface area contributed by atoms with Gasteiger partial charge >= 0.3 is 0 Å². The van der Waals surface area contributed by atoms with Crippen molar-refractivity contribution < 1.29 is 9.59 Å². The summed E-state index contributed by atoms with van der Waals surface area (Å²) in [6, 6.07) is 14.7. The minimum Gasteiger partial charge on any atom is -0.287 e. The van der Waals surface area contributed by atoms with Gasteiger partial charge in [0.2, 0.25) is 5.43 Å². The van der Waals surface area contributed by atoms with Crippen LogP contribution in [0.1, 0.15) is 47.3 Å². The molecule has 0 bridgehead atoms. The molecule has 0 unspecified atom stereocenters. The summed E-state index contributed by atoms with van der Waals surface area (Å²) in [5, 5.41) is 6.02. The molecule has 0 atom stereocenters. The Labute approximate surface area is 195 Å². The molecule has 32 heavy (non-hydrogen) atoms. The number of halogens is 2. The minimum atomic E-state index is -0.828. The van der Waals surface area contributed by atoms with Crippen LogP contribution in [-0.2, 0) is 0 Å². The fourth-order valence-corrected chi connectivity index (χ4v) is 3.44. The lowest BCUT2D eigenvalue weighted by Gasteiger charge is -2.35. The van der Waals surface area contributed by atoms with Crippen molar-refractivity contribution in [3.63, 3.8) is 0 Å². The first-order valence-electron chi connectivity index (χ1n) is 9.76. The second-order valence-corrected chi connectivity index (χ2v) is 8.91. The zero-order chi connectivity index (χ0) is 23.6. The van der Waals surface area contributed by atoms with Crippen molar-refractivity contribution >= 4 is 35.0 Å². The van der Waals surface area contributed by atoms with Gasteiger partial charge in [-0.1, -0.05) is 47.5 Å². The van der Waals surface area contributed by atoms with Crippen LogP contribution in [0.4, 0.5) is 0 Å². The monoisotopic (exact) mass is 472 g/mol. The highest BCUT2D eigenvalue weighted by molar-refractivity contribution is 6.34. The van der Waals surface area contributed by atoms with Crippen molar-refractivity contribution in [2.75, 3.05) is 0 Å². The van der Waals surface area contributed by atoms with E-state index < -0.39 is 22.8 Å². The maximum Gasteiger partial charge on any atom is 0.294 e. The molecule has 0 aliphatic rings. The Morgan fingerprint density at radius 1 is 1.00 bits per heavy atom. The fourth-order valence-electron chi connectivity index (χ4n) is 3.00. The van der Waals surface area contributed by atoms with Gasteiger partial charge in [-0.25, -0.2) is 9.69 Å².